The molecule has 2 rings (SSSR count). The summed E-state index contributed by atoms with van der Waals surface area (Å²) in [7, 11) is 0. The van der Waals surface area contributed by atoms with Gasteiger partial charge in [0, 0.05) is 15.9 Å². The summed E-state index contributed by atoms with van der Waals surface area (Å²) in [5.74, 6) is 0.343. The van der Waals surface area contributed by atoms with Crippen LogP contribution in [0.15, 0.2) is 33.6 Å². The van der Waals surface area contributed by atoms with Gasteiger partial charge in [-0.25, -0.2) is 4.79 Å². The lowest BCUT2D eigenvalue weighted by molar-refractivity contribution is 0.213. The van der Waals surface area contributed by atoms with Gasteiger partial charge in [0.05, 0.1) is 0 Å². The van der Waals surface area contributed by atoms with Crippen LogP contribution in [-0.2, 0) is 0 Å². The Hall–Kier alpha value is -1.14. The molecule has 1 aliphatic heterocycles. The van der Waals surface area contributed by atoms with Gasteiger partial charge in [-0.05, 0) is 27.4 Å². The van der Waals surface area contributed by atoms with E-state index in [1.165, 1.54) is 0 Å². The highest BCUT2D eigenvalue weighted by Gasteiger charge is 2.35. The monoisotopic (exact) mass is 299 g/mol. The number of carbonyl (C=O) groups is 1. The number of thiophene rings is 1. The maximum absolute atomic E-state index is 11.6. The minimum Gasteiger partial charge on any atom is -0.385 e. The molecule has 1 unspecified atom stereocenters. The fraction of sp³-hybridized carbons (Fsp3) is 0.200. The fourth-order valence-corrected chi connectivity index (χ4v) is 3.32. The molecular formula is C10H10BrN3OS. The van der Waals surface area contributed by atoms with Crippen molar-refractivity contribution in [3.8, 4) is 0 Å². The standard InChI is InChI=1S/C10H10BrN3OS/c1-2-4-14-7(9(12)13-10(14)15)8-6(11)3-5-16-8/h2-3,5,7H,1,4H2,(H2,12,13,15). The second kappa shape index (κ2) is 4.39. The number of amides is 2. The average molecular weight is 300 g/mol. The minimum atomic E-state index is -0.303. The Bertz CT molecular complexity index is 468. The molecule has 0 bridgehead atoms. The number of hydrogen-bond donors (Lipinski definition) is 1. The van der Waals surface area contributed by atoms with E-state index in [0.29, 0.717) is 12.4 Å². The third kappa shape index (κ3) is 1.78. The minimum absolute atomic E-state index is 0.264. The van der Waals surface area contributed by atoms with Crippen LogP contribution in [0.25, 0.3) is 0 Å². The molecule has 0 fully saturated rings. The number of amidine groups is 1. The number of urea groups is 1. The first kappa shape index (κ1) is 11.3. The Labute approximate surface area is 106 Å². The Morgan fingerprint density at radius 1 is 1.75 bits per heavy atom. The van der Waals surface area contributed by atoms with Gasteiger partial charge in [0.15, 0.2) is 0 Å². The average Bonchev–Trinajstić information content (AvgIpc) is 2.73. The van der Waals surface area contributed by atoms with E-state index in [0.717, 1.165) is 9.35 Å². The van der Waals surface area contributed by atoms with Gasteiger partial charge in [-0.2, -0.15) is 4.99 Å². The van der Waals surface area contributed by atoms with Crippen LogP contribution in [0.3, 0.4) is 0 Å². The predicted molar refractivity (Wildman–Crippen MR) is 68.7 cm³/mol. The molecule has 1 atom stereocenters. The summed E-state index contributed by atoms with van der Waals surface area (Å²) in [6.07, 6.45) is 1.67. The van der Waals surface area contributed by atoms with E-state index in [1.807, 2.05) is 11.4 Å². The van der Waals surface area contributed by atoms with Crippen molar-refractivity contribution in [3.05, 3.63) is 33.5 Å². The van der Waals surface area contributed by atoms with E-state index in [-0.39, 0.29) is 12.1 Å². The lowest BCUT2D eigenvalue weighted by atomic mass is 10.2. The largest absolute Gasteiger partial charge is 0.385 e. The molecule has 4 nitrogen and oxygen atoms in total. The third-order valence-corrected chi connectivity index (χ3v) is 4.20. The zero-order chi connectivity index (χ0) is 11.7. The molecule has 0 saturated carbocycles. The number of nitrogens with zero attached hydrogens (tertiary/aromatic N) is 2. The molecule has 0 radical (unpaired) electrons. The van der Waals surface area contributed by atoms with Gasteiger partial charge in [0.1, 0.15) is 11.9 Å². The Morgan fingerprint density at radius 3 is 3.06 bits per heavy atom. The predicted octanol–water partition coefficient (Wildman–Crippen LogP) is 2.53. The third-order valence-electron chi connectivity index (χ3n) is 2.28. The molecule has 2 amide bonds. The van der Waals surface area contributed by atoms with E-state index in [1.54, 1.807) is 22.3 Å². The molecule has 0 aromatic carbocycles. The zero-order valence-electron chi connectivity index (χ0n) is 8.39. The van der Waals surface area contributed by atoms with Crippen molar-refractivity contribution in [2.45, 2.75) is 6.04 Å². The molecule has 84 valence electrons. The number of carbonyl (C=O) groups excluding carboxylic acids is 1. The first-order valence-corrected chi connectivity index (χ1v) is 6.31. The van der Waals surface area contributed by atoms with Gasteiger partial charge in [-0.15, -0.1) is 17.9 Å². The lowest BCUT2D eigenvalue weighted by Gasteiger charge is -2.22. The Morgan fingerprint density at radius 2 is 2.50 bits per heavy atom. The Kier molecular flexibility index (Phi) is 3.11. The van der Waals surface area contributed by atoms with Crippen LogP contribution in [0.4, 0.5) is 4.79 Å². The second-order valence-electron chi connectivity index (χ2n) is 3.30. The topological polar surface area (TPSA) is 58.7 Å². The highest BCUT2D eigenvalue weighted by atomic mass is 79.9. The number of rotatable bonds is 3. The molecule has 2 N–H and O–H groups in total. The molecule has 0 aliphatic carbocycles. The van der Waals surface area contributed by atoms with Crippen molar-refractivity contribution in [2.24, 2.45) is 10.7 Å². The van der Waals surface area contributed by atoms with Crippen molar-refractivity contribution >= 4 is 39.1 Å². The molecule has 1 aliphatic rings. The quantitative estimate of drug-likeness (QED) is 0.872. The SMILES string of the molecule is C=CCN1C(=O)N=C(N)C1c1sccc1Br. The second-order valence-corrected chi connectivity index (χ2v) is 5.10. The first-order chi connectivity index (χ1) is 7.65. The highest BCUT2D eigenvalue weighted by molar-refractivity contribution is 9.10. The van der Waals surface area contributed by atoms with Crippen LogP contribution >= 0.6 is 27.3 Å². The zero-order valence-corrected chi connectivity index (χ0v) is 10.8. The number of aliphatic imine (C=N–C) groups is 1. The molecule has 16 heavy (non-hydrogen) atoms. The molecule has 1 aromatic heterocycles. The van der Waals surface area contributed by atoms with Gasteiger partial charge >= 0.3 is 6.03 Å². The van der Waals surface area contributed by atoms with Crippen molar-refractivity contribution < 1.29 is 4.79 Å². The number of hydrogen-bond acceptors (Lipinski definition) is 3. The van der Waals surface area contributed by atoms with Crippen LogP contribution < -0.4 is 5.73 Å². The normalized spacial score (nSPS) is 20.1. The van der Waals surface area contributed by atoms with Gasteiger partial charge in [-0.3, -0.25) is 0 Å². The summed E-state index contributed by atoms with van der Waals surface area (Å²) in [6, 6.07) is 1.37. The Balaban J connectivity index is 2.38. The van der Waals surface area contributed by atoms with Crippen molar-refractivity contribution in [1.82, 2.24) is 4.90 Å². The van der Waals surface area contributed by atoms with Crippen LogP contribution in [0.5, 0.6) is 0 Å². The lowest BCUT2D eigenvalue weighted by Crippen LogP contribution is -2.33. The van der Waals surface area contributed by atoms with E-state index in [9.17, 15) is 4.79 Å². The maximum Gasteiger partial charge on any atom is 0.346 e. The van der Waals surface area contributed by atoms with Crippen molar-refractivity contribution in [3.63, 3.8) is 0 Å². The van der Waals surface area contributed by atoms with Gasteiger partial charge in [0.2, 0.25) is 0 Å². The van der Waals surface area contributed by atoms with Crippen LogP contribution in [0.2, 0.25) is 0 Å². The molecule has 2 heterocycles. The molecular weight excluding hydrogens is 290 g/mol. The maximum atomic E-state index is 11.6. The van der Waals surface area contributed by atoms with Crippen LogP contribution in [0.1, 0.15) is 10.9 Å². The number of halogens is 1. The summed E-state index contributed by atoms with van der Waals surface area (Å²) in [5.41, 5.74) is 5.79. The highest BCUT2D eigenvalue weighted by Crippen LogP contribution is 2.35. The van der Waals surface area contributed by atoms with Crippen LogP contribution in [-0.4, -0.2) is 23.3 Å². The molecule has 1 aromatic rings. The van der Waals surface area contributed by atoms with Crippen molar-refractivity contribution in [1.29, 1.82) is 0 Å². The molecule has 0 saturated heterocycles. The molecule has 6 heteroatoms. The first-order valence-electron chi connectivity index (χ1n) is 4.63. The molecule has 0 spiro atoms. The van der Waals surface area contributed by atoms with Crippen molar-refractivity contribution in [2.75, 3.05) is 6.54 Å². The summed E-state index contributed by atoms with van der Waals surface area (Å²) in [4.78, 5) is 18.0. The van der Waals surface area contributed by atoms with Gasteiger partial charge in [0.25, 0.3) is 0 Å². The van der Waals surface area contributed by atoms with E-state index in [2.05, 4.69) is 27.5 Å². The summed E-state index contributed by atoms with van der Waals surface area (Å²) < 4.78 is 0.949. The van der Waals surface area contributed by atoms with Gasteiger partial charge < -0.3 is 10.6 Å². The van der Waals surface area contributed by atoms with E-state index in [4.69, 9.17) is 5.73 Å². The van der Waals surface area contributed by atoms with Gasteiger partial charge in [-0.1, -0.05) is 6.08 Å². The smallest absolute Gasteiger partial charge is 0.346 e. The summed E-state index contributed by atoms with van der Waals surface area (Å²) >= 11 is 4.98. The van der Waals surface area contributed by atoms with Crippen LogP contribution in [0, 0.1) is 0 Å². The van der Waals surface area contributed by atoms with E-state index >= 15 is 0 Å². The fourth-order valence-electron chi connectivity index (χ4n) is 1.60. The van der Waals surface area contributed by atoms with E-state index < -0.39 is 0 Å². The number of nitrogens with two attached hydrogens (primary N) is 1. The summed E-state index contributed by atoms with van der Waals surface area (Å²) in [6.45, 7) is 4.07. The summed E-state index contributed by atoms with van der Waals surface area (Å²) in [5, 5.41) is 1.95.